The molecule has 0 fully saturated rings. The standard InChI is InChI=1S/C19H15ClN4O/c1-11-4-3-5-13-10-15-17(23-24(2)18(15)21-16(11)13)22-19(25)12-6-8-14(20)9-7-12/h3-10H,1-2H3,(H,22,23,25). The van der Waals surface area contributed by atoms with Gasteiger partial charge in [-0.3, -0.25) is 4.79 Å². The molecule has 124 valence electrons. The van der Waals surface area contributed by atoms with Gasteiger partial charge in [0, 0.05) is 23.0 Å². The van der Waals surface area contributed by atoms with Gasteiger partial charge in [-0.1, -0.05) is 29.8 Å². The normalized spacial score (nSPS) is 11.2. The minimum absolute atomic E-state index is 0.235. The number of hydrogen-bond donors (Lipinski definition) is 1. The molecular weight excluding hydrogens is 336 g/mol. The summed E-state index contributed by atoms with van der Waals surface area (Å²) in [7, 11) is 1.82. The Balaban J connectivity index is 1.79. The monoisotopic (exact) mass is 350 g/mol. The van der Waals surface area contributed by atoms with Crippen molar-refractivity contribution in [1.82, 2.24) is 14.8 Å². The lowest BCUT2D eigenvalue weighted by Crippen LogP contribution is -2.12. The molecule has 0 aliphatic rings. The molecule has 0 bridgehead atoms. The Kier molecular flexibility index (Phi) is 3.66. The first-order valence-corrected chi connectivity index (χ1v) is 8.21. The molecule has 0 unspecified atom stereocenters. The summed E-state index contributed by atoms with van der Waals surface area (Å²) < 4.78 is 1.68. The summed E-state index contributed by atoms with van der Waals surface area (Å²) >= 11 is 5.87. The average molecular weight is 351 g/mol. The van der Waals surface area contributed by atoms with Gasteiger partial charge in [0.15, 0.2) is 11.5 Å². The molecule has 1 amide bonds. The first-order chi connectivity index (χ1) is 12.0. The molecule has 25 heavy (non-hydrogen) atoms. The predicted molar refractivity (Wildman–Crippen MR) is 100 cm³/mol. The van der Waals surface area contributed by atoms with E-state index in [0.29, 0.717) is 16.4 Å². The van der Waals surface area contributed by atoms with Crippen LogP contribution in [0.2, 0.25) is 5.02 Å². The van der Waals surface area contributed by atoms with E-state index < -0.39 is 0 Å². The molecule has 2 aromatic carbocycles. The molecule has 2 heterocycles. The summed E-state index contributed by atoms with van der Waals surface area (Å²) in [5, 5.41) is 9.70. The molecule has 5 nitrogen and oxygen atoms in total. The summed E-state index contributed by atoms with van der Waals surface area (Å²) in [6, 6.07) is 14.8. The summed E-state index contributed by atoms with van der Waals surface area (Å²) in [5.74, 6) is 0.259. The summed E-state index contributed by atoms with van der Waals surface area (Å²) in [5.41, 5.74) is 3.29. The quantitative estimate of drug-likeness (QED) is 0.585. The highest BCUT2D eigenvalue weighted by Gasteiger charge is 2.15. The third-order valence-corrected chi connectivity index (χ3v) is 4.43. The Hall–Kier alpha value is -2.92. The van der Waals surface area contributed by atoms with E-state index in [0.717, 1.165) is 27.5 Å². The van der Waals surface area contributed by atoms with Crippen LogP contribution in [-0.2, 0) is 7.05 Å². The SMILES string of the molecule is Cc1cccc2cc3c(NC(=O)c4ccc(Cl)cc4)nn(C)c3nc12. The van der Waals surface area contributed by atoms with Crippen molar-refractivity contribution in [3.05, 3.63) is 64.7 Å². The van der Waals surface area contributed by atoms with Crippen LogP contribution >= 0.6 is 11.6 Å². The van der Waals surface area contributed by atoms with Crippen molar-refractivity contribution in [2.45, 2.75) is 6.92 Å². The first kappa shape index (κ1) is 15.6. The first-order valence-electron chi connectivity index (χ1n) is 7.83. The number of para-hydroxylation sites is 1. The second-order valence-corrected chi connectivity index (χ2v) is 6.38. The molecule has 0 spiro atoms. The van der Waals surface area contributed by atoms with Crippen LogP contribution in [0.5, 0.6) is 0 Å². The largest absolute Gasteiger partial charge is 0.305 e. The topological polar surface area (TPSA) is 59.8 Å². The maximum Gasteiger partial charge on any atom is 0.256 e. The lowest BCUT2D eigenvalue weighted by molar-refractivity contribution is 0.102. The molecule has 0 saturated carbocycles. The zero-order valence-corrected chi connectivity index (χ0v) is 14.5. The fourth-order valence-electron chi connectivity index (χ4n) is 2.88. The van der Waals surface area contributed by atoms with Crippen molar-refractivity contribution in [1.29, 1.82) is 0 Å². The summed E-state index contributed by atoms with van der Waals surface area (Å²) in [6.07, 6.45) is 0. The van der Waals surface area contributed by atoms with Crippen LogP contribution in [-0.4, -0.2) is 20.7 Å². The predicted octanol–water partition coefficient (Wildman–Crippen LogP) is 4.34. The second-order valence-electron chi connectivity index (χ2n) is 5.94. The lowest BCUT2D eigenvalue weighted by atomic mass is 10.1. The number of aryl methyl sites for hydroxylation is 2. The molecule has 0 aliphatic carbocycles. The fraction of sp³-hybridized carbons (Fsp3) is 0.105. The van der Waals surface area contributed by atoms with Gasteiger partial charge in [0.2, 0.25) is 0 Å². The molecule has 6 heteroatoms. The number of aromatic nitrogens is 3. The number of pyridine rings is 1. The number of carbonyl (C=O) groups excluding carboxylic acids is 1. The van der Waals surface area contributed by atoms with E-state index in [4.69, 9.17) is 16.6 Å². The number of rotatable bonds is 2. The van der Waals surface area contributed by atoms with Gasteiger partial charge < -0.3 is 5.32 Å². The molecule has 4 aromatic rings. The van der Waals surface area contributed by atoms with Crippen molar-refractivity contribution >= 4 is 45.3 Å². The van der Waals surface area contributed by atoms with E-state index >= 15 is 0 Å². The highest BCUT2D eigenvalue weighted by atomic mass is 35.5. The van der Waals surface area contributed by atoms with Crippen LogP contribution in [0.3, 0.4) is 0 Å². The zero-order chi connectivity index (χ0) is 17.6. The number of halogens is 1. The van der Waals surface area contributed by atoms with Crippen LogP contribution in [0.25, 0.3) is 21.9 Å². The summed E-state index contributed by atoms with van der Waals surface area (Å²) in [4.78, 5) is 17.2. The number of hydrogen-bond acceptors (Lipinski definition) is 3. The van der Waals surface area contributed by atoms with Crippen LogP contribution < -0.4 is 5.32 Å². The van der Waals surface area contributed by atoms with Gasteiger partial charge in [0.1, 0.15) is 0 Å². The molecule has 1 N–H and O–H groups in total. The number of anilines is 1. The number of benzene rings is 2. The van der Waals surface area contributed by atoms with Crippen LogP contribution in [0.15, 0.2) is 48.5 Å². The van der Waals surface area contributed by atoms with E-state index in [1.165, 1.54) is 0 Å². The molecule has 4 rings (SSSR count). The zero-order valence-electron chi connectivity index (χ0n) is 13.7. The molecular formula is C19H15ClN4O. The minimum atomic E-state index is -0.235. The van der Waals surface area contributed by atoms with E-state index in [1.807, 2.05) is 38.2 Å². The van der Waals surface area contributed by atoms with Crippen molar-refractivity contribution in [2.75, 3.05) is 5.32 Å². The lowest BCUT2D eigenvalue weighted by Gasteiger charge is -2.04. The Bertz CT molecular complexity index is 1120. The van der Waals surface area contributed by atoms with Gasteiger partial charge in [0.25, 0.3) is 5.91 Å². The fourth-order valence-corrected chi connectivity index (χ4v) is 3.01. The Morgan fingerprint density at radius 3 is 2.68 bits per heavy atom. The second kappa shape index (κ2) is 5.86. The van der Waals surface area contributed by atoms with E-state index in [9.17, 15) is 4.79 Å². The van der Waals surface area contributed by atoms with Crippen molar-refractivity contribution in [3.8, 4) is 0 Å². The van der Waals surface area contributed by atoms with Gasteiger partial charge in [-0.05, 0) is 42.8 Å². The van der Waals surface area contributed by atoms with Crippen LogP contribution in [0, 0.1) is 6.92 Å². The third-order valence-electron chi connectivity index (χ3n) is 4.18. The van der Waals surface area contributed by atoms with Crippen LogP contribution in [0.1, 0.15) is 15.9 Å². The van der Waals surface area contributed by atoms with Gasteiger partial charge >= 0.3 is 0 Å². The van der Waals surface area contributed by atoms with Gasteiger partial charge in [0.05, 0.1) is 10.9 Å². The molecule has 0 saturated heterocycles. The number of carbonyl (C=O) groups is 1. The van der Waals surface area contributed by atoms with E-state index in [2.05, 4.69) is 10.4 Å². The molecule has 0 aliphatic heterocycles. The molecule has 2 aromatic heterocycles. The highest BCUT2D eigenvalue weighted by molar-refractivity contribution is 6.30. The number of nitrogens with zero attached hydrogens (tertiary/aromatic N) is 3. The van der Waals surface area contributed by atoms with Gasteiger partial charge in [-0.25, -0.2) is 9.67 Å². The Labute approximate surface area is 149 Å². The van der Waals surface area contributed by atoms with Gasteiger partial charge in [-0.2, -0.15) is 5.10 Å². The van der Waals surface area contributed by atoms with Crippen LogP contribution in [0.4, 0.5) is 5.82 Å². The highest BCUT2D eigenvalue weighted by Crippen LogP contribution is 2.27. The number of fused-ring (bicyclic) bond motifs is 2. The third kappa shape index (κ3) is 2.72. The number of amides is 1. The maximum atomic E-state index is 12.5. The smallest absolute Gasteiger partial charge is 0.256 e. The molecule has 0 radical (unpaired) electrons. The summed E-state index contributed by atoms with van der Waals surface area (Å²) in [6.45, 7) is 2.03. The maximum absolute atomic E-state index is 12.5. The van der Waals surface area contributed by atoms with E-state index in [-0.39, 0.29) is 5.91 Å². The van der Waals surface area contributed by atoms with Crippen molar-refractivity contribution in [3.63, 3.8) is 0 Å². The van der Waals surface area contributed by atoms with Crippen molar-refractivity contribution in [2.24, 2.45) is 7.05 Å². The Morgan fingerprint density at radius 1 is 1.16 bits per heavy atom. The average Bonchev–Trinajstić information content (AvgIpc) is 2.89. The minimum Gasteiger partial charge on any atom is -0.305 e. The van der Waals surface area contributed by atoms with E-state index in [1.54, 1.807) is 28.9 Å². The number of nitrogens with one attached hydrogen (secondary N) is 1. The van der Waals surface area contributed by atoms with Crippen molar-refractivity contribution < 1.29 is 4.79 Å². The Morgan fingerprint density at radius 2 is 1.92 bits per heavy atom. The van der Waals surface area contributed by atoms with Gasteiger partial charge in [-0.15, -0.1) is 0 Å². The molecule has 0 atom stereocenters.